The van der Waals surface area contributed by atoms with E-state index in [1.165, 1.54) is 0 Å². The fraction of sp³-hybridized carbons (Fsp3) is 0.750. The van der Waals surface area contributed by atoms with Crippen molar-refractivity contribution in [2.24, 2.45) is 5.41 Å². The summed E-state index contributed by atoms with van der Waals surface area (Å²) in [7, 11) is 0. The molecule has 2 atom stereocenters. The molecule has 60 valence electrons. The second kappa shape index (κ2) is 4.34. The van der Waals surface area contributed by atoms with E-state index in [0.29, 0.717) is 6.04 Å². The quantitative estimate of drug-likeness (QED) is 0.461. The number of rotatable bonds is 4. The molecule has 0 aliphatic carbocycles. The Morgan fingerprint density at radius 2 is 2.30 bits per heavy atom. The monoisotopic (exact) mass is 253 g/mol. The average Bonchev–Trinajstić information content (AvgIpc) is 2.01. The van der Waals surface area contributed by atoms with E-state index in [-0.39, 0.29) is 5.41 Å². The van der Waals surface area contributed by atoms with E-state index in [4.69, 9.17) is 0 Å². The topological polar surface area (TPSA) is 12.0 Å². The van der Waals surface area contributed by atoms with E-state index in [9.17, 15) is 0 Å². The van der Waals surface area contributed by atoms with E-state index in [1.807, 2.05) is 6.08 Å². The molecule has 1 nitrogen and oxygen atoms in total. The molecule has 0 heterocycles. The Hall–Kier alpha value is 0.430. The fourth-order valence-electron chi connectivity index (χ4n) is 0.752. The van der Waals surface area contributed by atoms with Crippen molar-refractivity contribution in [3.63, 3.8) is 0 Å². The molecule has 0 amide bonds. The number of nitrogens with one attached hydrogen (secondary N) is 1. The van der Waals surface area contributed by atoms with Crippen LogP contribution >= 0.6 is 22.9 Å². The lowest BCUT2D eigenvalue weighted by molar-refractivity contribution is 0.332. The van der Waals surface area contributed by atoms with E-state index < -0.39 is 0 Å². The SMILES string of the molecule is C=CC(C)(CC)C(C)NI. The minimum atomic E-state index is 0.237. The zero-order valence-corrected chi connectivity index (χ0v) is 9.10. The van der Waals surface area contributed by atoms with Gasteiger partial charge in [-0.2, -0.15) is 0 Å². The largest absolute Gasteiger partial charge is 0.257 e. The maximum Gasteiger partial charge on any atom is 0.0223 e. The lowest BCUT2D eigenvalue weighted by atomic mass is 9.81. The van der Waals surface area contributed by atoms with Gasteiger partial charge < -0.3 is 0 Å². The van der Waals surface area contributed by atoms with E-state index in [1.54, 1.807) is 0 Å². The molecule has 0 bridgehead atoms. The van der Waals surface area contributed by atoms with Gasteiger partial charge in [0.25, 0.3) is 0 Å². The predicted molar refractivity (Wildman–Crippen MR) is 55.2 cm³/mol. The van der Waals surface area contributed by atoms with Gasteiger partial charge in [-0.3, -0.25) is 3.53 Å². The van der Waals surface area contributed by atoms with Crippen LogP contribution < -0.4 is 3.53 Å². The molecule has 0 aromatic carbocycles. The minimum Gasteiger partial charge on any atom is -0.257 e. The van der Waals surface area contributed by atoms with Crippen molar-refractivity contribution in [3.8, 4) is 0 Å². The molecule has 0 aliphatic rings. The van der Waals surface area contributed by atoms with Gasteiger partial charge in [0.2, 0.25) is 0 Å². The van der Waals surface area contributed by atoms with Crippen LogP contribution in [0, 0.1) is 5.41 Å². The summed E-state index contributed by atoms with van der Waals surface area (Å²) in [6.07, 6.45) is 3.16. The lowest BCUT2D eigenvalue weighted by Gasteiger charge is -2.30. The van der Waals surface area contributed by atoms with Crippen molar-refractivity contribution >= 4 is 22.9 Å². The summed E-state index contributed by atoms with van der Waals surface area (Å²) < 4.78 is 3.21. The second-order valence-electron chi connectivity index (χ2n) is 2.89. The summed E-state index contributed by atoms with van der Waals surface area (Å²) in [5.41, 5.74) is 0.237. The van der Waals surface area contributed by atoms with Gasteiger partial charge in [-0.15, -0.1) is 6.58 Å². The molecular formula is C8H16IN. The molecular weight excluding hydrogens is 237 g/mol. The molecule has 10 heavy (non-hydrogen) atoms. The normalized spacial score (nSPS) is 19.6. The maximum atomic E-state index is 3.83. The van der Waals surface area contributed by atoms with Crippen molar-refractivity contribution < 1.29 is 0 Å². The average molecular weight is 253 g/mol. The Morgan fingerprint density at radius 3 is 2.40 bits per heavy atom. The Morgan fingerprint density at radius 1 is 1.80 bits per heavy atom. The Kier molecular flexibility index (Phi) is 4.52. The van der Waals surface area contributed by atoms with Gasteiger partial charge in [0.15, 0.2) is 0 Å². The van der Waals surface area contributed by atoms with E-state index >= 15 is 0 Å². The van der Waals surface area contributed by atoms with Crippen LogP contribution in [-0.4, -0.2) is 6.04 Å². The predicted octanol–water partition coefficient (Wildman–Crippen LogP) is 2.92. The van der Waals surface area contributed by atoms with E-state index in [2.05, 4.69) is 53.7 Å². The highest BCUT2D eigenvalue weighted by atomic mass is 127. The van der Waals surface area contributed by atoms with Gasteiger partial charge in [0, 0.05) is 34.3 Å². The Labute approximate surface area is 77.8 Å². The van der Waals surface area contributed by atoms with Crippen LogP contribution in [-0.2, 0) is 0 Å². The van der Waals surface area contributed by atoms with Gasteiger partial charge in [0.05, 0.1) is 0 Å². The van der Waals surface area contributed by atoms with Crippen molar-refractivity contribution in [1.29, 1.82) is 0 Å². The van der Waals surface area contributed by atoms with Crippen LogP contribution in [0.5, 0.6) is 0 Å². The molecule has 0 aliphatic heterocycles. The molecule has 0 fully saturated rings. The molecule has 0 aromatic rings. The summed E-state index contributed by atoms with van der Waals surface area (Å²) >= 11 is 2.19. The highest BCUT2D eigenvalue weighted by Gasteiger charge is 2.24. The van der Waals surface area contributed by atoms with Gasteiger partial charge >= 0.3 is 0 Å². The third kappa shape index (κ3) is 2.23. The highest BCUT2D eigenvalue weighted by molar-refractivity contribution is 14.1. The zero-order chi connectivity index (χ0) is 8.20. The summed E-state index contributed by atoms with van der Waals surface area (Å²) in [5.74, 6) is 0. The highest BCUT2D eigenvalue weighted by Crippen LogP contribution is 2.27. The Balaban J connectivity index is 4.16. The van der Waals surface area contributed by atoms with Crippen LogP contribution in [0.1, 0.15) is 27.2 Å². The third-order valence-electron chi connectivity index (χ3n) is 2.38. The van der Waals surface area contributed by atoms with Gasteiger partial charge in [0.1, 0.15) is 0 Å². The van der Waals surface area contributed by atoms with Crippen LogP contribution in [0.15, 0.2) is 12.7 Å². The van der Waals surface area contributed by atoms with E-state index in [0.717, 1.165) is 6.42 Å². The van der Waals surface area contributed by atoms with Gasteiger partial charge in [-0.05, 0) is 13.3 Å². The van der Waals surface area contributed by atoms with Crippen LogP contribution in [0.2, 0.25) is 0 Å². The van der Waals surface area contributed by atoms with Crippen LogP contribution in [0.4, 0.5) is 0 Å². The molecule has 0 spiro atoms. The summed E-state index contributed by atoms with van der Waals surface area (Å²) in [4.78, 5) is 0. The van der Waals surface area contributed by atoms with Crippen molar-refractivity contribution in [2.45, 2.75) is 33.2 Å². The lowest BCUT2D eigenvalue weighted by Crippen LogP contribution is -2.34. The maximum absolute atomic E-state index is 3.83. The van der Waals surface area contributed by atoms with Gasteiger partial charge in [-0.1, -0.05) is 19.9 Å². The van der Waals surface area contributed by atoms with Crippen LogP contribution in [0.25, 0.3) is 0 Å². The minimum absolute atomic E-state index is 0.237. The molecule has 0 saturated carbocycles. The Bertz CT molecular complexity index is 114. The first-order valence-electron chi connectivity index (χ1n) is 3.60. The molecule has 2 unspecified atom stereocenters. The third-order valence-corrected chi connectivity index (χ3v) is 3.32. The standard InChI is InChI=1S/C8H16IN/c1-5-8(4,6-2)7(3)10-9/h5,7,10H,1,6H2,2-4H3. The smallest absolute Gasteiger partial charge is 0.0223 e. The first kappa shape index (κ1) is 10.4. The molecule has 2 heteroatoms. The fourth-order valence-corrected chi connectivity index (χ4v) is 1.46. The number of hydrogen-bond acceptors (Lipinski definition) is 1. The second-order valence-corrected chi connectivity index (χ2v) is 3.52. The first-order chi connectivity index (χ1) is 4.60. The number of halogens is 1. The first-order valence-corrected chi connectivity index (χ1v) is 4.68. The molecule has 0 rings (SSSR count). The molecule has 0 aromatic heterocycles. The van der Waals surface area contributed by atoms with Gasteiger partial charge in [-0.25, -0.2) is 0 Å². The summed E-state index contributed by atoms with van der Waals surface area (Å²) in [5, 5.41) is 0. The molecule has 1 N–H and O–H groups in total. The summed E-state index contributed by atoms with van der Waals surface area (Å²) in [6.45, 7) is 10.4. The number of hydrogen-bond donors (Lipinski definition) is 1. The molecule has 0 radical (unpaired) electrons. The van der Waals surface area contributed by atoms with Crippen molar-refractivity contribution in [2.75, 3.05) is 0 Å². The van der Waals surface area contributed by atoms with Crippen molar-refractivity contribution in [1.82, 2.24) is 3.53 Å². The molecule has 0 saturated heterocycles. The summed E-state index contributed by atoms with van der Waals surface area (Å²) in [6, 6.07) is 0.496. The zero-order valence-electron chi connectivity index (χ0n) is 6.95. The van der Waals surface area contributed by atoms with Crippen molar-refractivity contribution in [3.05, 3.63) is 12.7 Å². The van der Waals surface area contributed by atoms with Crippen LogP contribution in [0.3, 0.4) is 0 Å².